The van der Waals surface area contributed by atoms with Crippen LogP contribution >= 0.6 is 11.3 Å². The third kappa shape index (κ3) is 4.75. The van der Waals surface area contributed by atoms with E-state index in [2.05, 4.69) is 10.3 Å². The molecule has 0 aliphatic carbocycles. The lowest BCUT2D eigenvalue weighted by molar-refractivity contribution is -0.122. The number of Topliss-reactive ketones (excluding diaryl/α,β-unsaturated/α-hetero) is 1. The second-order valence-electron chi connectivity index (χ2n) is 5.91. The van der Waals surface area contributed by atoms with Crippen LogP contribution in [0.25, 0.3) is 0 Å². The molecular weight excluding hydrogens is 394 g/mol. The van der Waals surface area contributed by atoms with E-state index in [9.17, 15) is 19.6 Å². The van der Waals surface area contributed by atoms with Crippen molar-refractivity contribution in [3.63, 3.8) is 0 Å². The smallest absolute Gasteiger partial charge is 0.340 e. The average molecular weight is 409 g/mol. The van der Waals surface area contributed by atoms with Gasteiger partial charge < -0.3 is 14.5 Å². The Morgan fingerprint density at radius 1 is 1.28 bits per heavy atom. The van der Waals surface area contributed by atoms with Crippen molar-refractivity contribution >= 4 is 34.7 Å². The van der Waals surface area contributed by atoms with Gasteiger partial charge in [-0.3, -0.25) is 9.59 Å². The third-order valence-electron chi connectivity index (χ3n) is 3.82. The van der Waals surface area contributed by atoms with Crippen molar-refractivity contribution in [2.75, 3.05) is 11.9 Å². The number of ether oxygens (including phenoxy) is 1. The van der Waals surface area contributed by atoms with Gasteiger partial charge in [-0.1, -0.05) is 12.1 Å². The highest BCUT2D eigenvalue weighted by molar-refractivity contribution is 7.09. The van der Waals surface area contributed by atoms with Crippen molar-refractivity contribution in [3.8, 4) is 6.07 Å². The number of hydrogen-bond donors (Lipinski definition) is 1. The Kier molecular flexibility index (Phi) is 6.16. The van der Waals surface area contributed by atoms with E-state index in [0.29, 0.717) is 10.7 Å². The molecule has 0 aliphatic rings. The van der Waals surface area contributed by atoms with Crippen LogP contribution in [-0.2, 0) is 9.53 Å². The number of esters is 1. The number of nitriles is 1. The van der Waals surface area contributed by atoms with Gasteiger partial charge in [0.1, 0.15) is 5.01 Å². The molecule has 0 unspecified atom stereocenters. The number of carbonyl (C=O) groups excluding carboxylic acids is 3. The summed E-state index contributed by atoms with van der Waals surface area (Å²) in [5.74, 6) is -2.93. The molecule has 146 valence electrons. The topological polar surface area (TPSA) is 122 Å². The maximum absolute atomic E-state index is 12.4. The summed E-state index contributed by atoms with van der Waals surface area (Å²) >= 11 is 1.20. The van der Waals surface area contributed by atoms with Crippen LogP contribution in [0.3, 0.4) is 0 Å². The van der Waals surface area contributed by atoms with Crippen LogP contribution < -0.4 is 5.32 Å². The minimum Gasteiger partial charge on any atom is -0.459 e. The van der Waals surface area contributed by atoms with Gasteiger partial charge in [0.2, 0.25) is 0 Å². The second-order valence-corrected chi connectivity index (χ2v) is 6.80. The molecule has 1 atom stereocenters. The number of aromatic nitrogens is 1. The van der Waals surface area contributed by atoms with E-state index in [-0.39, 0.29) is 17.0 Å². The SMILES string of the molecule is Cc1csc([C@@H](C#N)C(=O)COC(=O)c2ccccc2NC(=O)c2ccco2)n1. The molecule has 3 rings (SSSR count). The number of furan rings is 1. The van der Waals surface area contributed by atoms with Crippen LogP contribution in [0.4, 0.5) is 5.69 Å². The Morgan fingerprint density at radius 3 is 2.72 bits per heavy atom. The molecule has 0 radical (unpaired) electrons. The zero-order chi connectivity index (χ0) is 20.8. The molecular formula is C20H15N3O5S. The van der Waals surface area contributed by atoms with Gasteiger partial charge in [0.15, 0.2) is 24.1 Å². The maximum Gasteiger partial charge on any atom is 0.340 e. The summed E-state index contributed by atoms with van der Waals surface area (Å²) in [6.07, 6.45) is 1.36. The fraction of sp³-hybridized carbons (Fsp3) is 0.150. The Hall–Kier alpha value is -3.77. The average Bonchev–Trinajstić information content (AvgIpc) is 3.39. The standard InChI is InChI=1S/C20H15N3O5S/c1-12-11-29-19(22-12)14(9-21)16(24)10-28-20(26)13-5-2-3-6-15(13)23-18(25)17-7-4-8-27-17/h2-8,11,14H,10H2,1H3,(H,23,25)/t14-/m0/s1. The summed E-state index contributed by atoms with van der Waals surface area (Å²) in [6.45, 7) is 1.17. The number of anilines is 1. The number of hydrogen-bond acceptors (Lipinski definition) is 8. The van der Waals surface area contributed by atoms with Gasteiger partial charge in [-0.25, -0.2) is 9.78 Å². The van der Waals surface area contributed by atoms with Gasteiger partial charge in [0, 0.05) is 11.1 Å². The molecule has 0 spiro atoms. The maximum atomic E-state index is 12.4. The number of amides is 1. The highest BCUT2D eigenvalue weighted by Crippen LogP contribution is 2.22. The monoisotopic (exact) mass is 409 g/mol. The number of carbonyl (C=O) groups is 3. The highest BCUT2D eigenvalue weighted by atomic mass is 32.1. The molecule has 29 heavy (non-hydrogen) atoms. The molecule has 1 aromatic carbocycles. The van der Waals surface area contributed by atoms with Crippen molar-refractivity contribution in [2.45, 2.75) is 12.8 Å². The molecule has 1 N–H and O–H groups in total. The third-order valence-corrected chi connectivity index (χ3v) is 4.85. The van der Waals surface area contributed by atoms with E-state index < -0.39 is 30.2 Å². The first kappa shape index (κ1) is 20.0. The van der Waals surface area contributed by atoms with Crippen molar-refractivity contribution in [1.29, 1.82) is 5.26 Å². The zero-order valence-corrected chi connectivity index (χ0v) is 16.1. The predicted molar refractivity (Wildman–Crippen MR) is 104 cm³/mol. The first-order valence-electron chi connectivity index (χ1n) is 8.45. The molecule has 0 saturated carbocycles. The number of aryl methyl sites for hydroxylation is 1. The van der Waals surface area contributed by atoms with Gasteiger partial charge >= 0.3 is 5.97 Å². The van der Waals surface area contributed by atoms with Crippen molar-refractivity contribution in [3.05, 3.63) is 70.1 Å². The van der Waals surface area contributed by atoms with Crippen LogP contribution in [0.5, 0.6) is 0 Å². The van der Waals surface area contributed by atoms with E-state index >= 15 is 0 Å². The van der Waals surface area contributed by atoms with E-state index in [1.54, 1.807) is 30.5 Å². The lowest BCUT2D eigenvalue weighted by atomic mass is 10.1. The minimum absolute atomic E-state index is 0.0683. The molecule has 1 amide bonds. The molecule has 0 fully saturated rings. The molecule has 2 aromatic heterocycles. The first-order chi connectivity index (χ1) is 14.0. The molecule has 2 heterocycles. The fourth-order valence-electron chi connectivity index (χ4n) is 2.43. The summed E-state index contributed by atoms with van der Waals surface area (Å²) in [4.78, 5) is 41.1. The van der Waals surface area contributed by atoms with E-state index in [1.807, 2.05) is 6.07 Å². The molecule has 9 heteroatoms. The summed E-state index contributed by atoms with van der Waals surface area (Å²) in [7, 11) is 0. The fourth-order valence-corrected chi connectivity index (χ4v) is 3.29. The number of rotatable bonds is 7. The van der Waals surface area contributed by atoms with Gasteiger partial charge in [0.05, 0.1) is 23.6 Å². The van der Waals surface area contributed by atoms with Gasteiger partial charge in [-0.05, 0) is 31.2 Å². The molecule has 0 saturated heterocycles. The summed E-state index contributed by atoms with van der Waals surface area (Å²) in [6, 6.07) is 11.1. The van der Waals surface area contributed by atoms with Gasteiger partial charge in [-0.2, -0.15) is 5.26 Å². The Bertz CT molecular complexity index is 1080. The normalized spacial score (nSPS) is 11.3. The number of thiazole rings is 1. The number of nitrogens with zero attached hydrogens (tertiary/aromatic N) is 2. The highest BCUT2D eigenvalue weighted by Gasteiger charge is 2.25. The number of ketones is 1. The summed E-state index contributed by atoms with van der Waals surface area (Å²) < 4.78 is 10.1. The number of para-hydroxylation sites is 1. The van der Waals surface area contributed by atoms with E-state index in [0.717, 1.165) is 0 Å². The first-order valence-corrected chi connectivity index (χ1v) is 9.33. The molecule has 0 aliphatic heterocycles. The second kappa shape index (κ2) is 8.95. The lowest BCUT2D eigenvalue weighted by Crippen LogP contribution is -2.21. The van der Waals surface area contributed by atoms with Gasteiger partial charge in [0.25, 0.3) is 5.91 Å². The number of nitrogens with one attached hydrogen (secondary N) is 1. The minimum atomic E-state index is -1.10. The molecule has 0 bridgehead atoms. The zero-order valence-electron chi connectivity index (χ0n) is 15.2. The van der Waals surface area contributed by atoms with Crippen LogP contribution in [0, 0.1) is 18.3 Å². The molecule has 3 aromatic rings. The van der Waals surface area contributed by atoms with Crippen molar-refractivity contribution in [2.24, 2.45) is 0 Å². The Morgan fingerprint density at radius 2 is 2.07 bits per heavy atom. The summed E-state index contributed by atoms with van der Waals surface area (Å²) in [5.41, 5.74) is 0.980. The van der Waals surface area contributed by atoms with Crippen LogP contribution in [0.2, 0.25) is 0 Å². The van der Waals surface area contributed by atoms with Crippen LogP contribution in [0.1, 0.15) is 37.5 Å². The van der Waals surface area contributed by atoms with Crippen molar-refractivity contribution < 1.29 is 23.5 Å². The van der Waals surface area contributed by atoms with Gasteiger partial charge in [-0.15, -0.1) is 11.3 Å². The van der Waals surface area contributed by atoms with E-state index in [1.165, 1.54) is 35.8 Å². The van der Waals surface area contributed by atoms with Crippen LogP contribution in [-0.4, -0.2) is 29.3 Å². The Labute approximate surface area is 169 Å². The van der Waals surface area contributed by atoms with Crippen LogP contribution in [0.15, 0.2) is 52.5 Å². The van der Waals surface area contributed by atoms with E-state index in [4.69, 9.17) is 9.15 Å². The largest absolute Gasteiger partial charge is 0.459 e. The Balaban J connectivity index is 1.67. The quantitative estimate of drug-likeness (QED) is 0.594. The number of benzene rings is 1. The molecule has 8 nitrogen and oxygen atoms in total. The predicted octanol–water partition coefficient (Wildman–Crippen LogP) is 3.33. The summed E-state index contributed by atoms with van der Waals surface area (Å²) in [5, 5.41) is 13.9. The van der Waals surface area contributed by atoms with Crippen molar-refractivity contribution in [1.82, 2.24) is 4.98 Å². The lowest BCUT2D eigenvalue weighted by Gasteiger charge is -2.11.